The van der Waals surface area contributed by atoms with E-state index in [2.05, 4.69) is 21.3 Å². The van der Waals surface area contributed by atoms with E-state index in [0.717, 1.165) is 11.3 Å². The van der Waals surface area contributed by atoms with Crippen LogP contribution < -0.4 is 26.2 Å². The Hall–Kier alpha value is -3.15. The maximum Gasteiger partial charge on any atom is 0.315 e. The van der Waals surface area contributed by atoms with Gasteiger partial charge in [0.1, 0.15) is 12.6 Å². The first kappa shape index (κ1) is 25.5. The van der Waals surface area contributed by atoms with Gasteiger partial charge in [0.25, 0.3) is 11.8 Å². The van der Waals surface area contributed by atoms with Crippen LogP contribution in [0.2, 0.25) is 4.34 Å². The number of nitrogens with one attached hydrogen (secondary N) is 4. The van der Waals surface area contributed by atoms with Crippen molar-refractivity contribution in [1.29, 1.82) is 0 Å². The minimum Gasteiger partial charge on any atom is -0.370 e. The molecule has 0 aliphatic carbocycles. The maximum absolute atomic E-state index is 12.9. The summed E-state index contributed by atoms with van der Waals surface area (Å²) in [6.45, 7) is 4.39. The number of rotatable bonds is 8. The number of thiophene rings is 1. The van der Waals surface area contributed by atoms with Crippen LogP contribution in [0.4, 0.5) is 16.2 Å². The number of anilines is 2. The Kier molecular flexibility index (Phi) is 8.85. The van der Waals surface area contributed by atoms with Crippen LogP contribution in [0.15, 0.2) is 36.4 Å². The predicted octanol–water partition coefficient (Wildman–Crippen LogP) is 2.21. The molecule has 5 amide bonds. The van der Waals surface area contributed by atoms with Crippen molar-refractivity contribution in [3.8, 4) is 0 Å². The lowest BCUT2D eigenvalue weighted by molar-refractivity contribution is -0.125. The molecule has 1 atom stereocenters. The highest BCUT2D eigenvalue weighted by atomic mass is 35.5. The Labute approximate surface area is 206 Å². The van der Waals surface area contributed by atoms with Gasteiger partial charge >= 0.3 is 6.03 Å². The van der Waals surface area contributed by atoms with Crippen LogP contribution in [0, 0.1) is 0 Å². The normalized spacial score (nSPS) is 14.5. The molecule has 1 aliphatic rings. The minimum absolute atomic E-state index is 0.0354. The molecule has 0 radical (unpaired) electrons. The average Bonchev–Trinajstić information content (AvgIpc) is 3.23. The molecule has 2 aromatic rings. The maximum atomic E-state index is 12.9. The molecule has 182 valence electrons. The third-order valence-corrected chi connectivity index (χ3v) is 5.97. The van der Waals surface area contributed by atoms with Crippen molar-refractivity contribution in [2.24, 2.45) is 0 Å². The summed E-state index contributed by atoms with van der Waals surface area (Å²) in [7, 11) is 0. The second-order valence-electron chi connectivity index (χ2n) is 7.77. The largest absolute Gasteiger partial charge is 0.370 e. The standard InChI is InChI=1S/C22H26ClN5O5S/c1-13(2)25-22(32)27-16(11-24-21(31)17-7-8-18(23)34-17)20(30)26-14-3-5-15(6-4-14)28-9-10-33-12-19(28)29/h3-8,13,16H,9-12H2,1-2H3,(H,24,31)(H,26,30)(H2,25,27,32)/t16-/m1/s1. The zero-order valence-electron chi connectivity index (χ0n) is 18.7. The first-order valence-corrected chi connectivity index (χ1v) is 11.8. The van der Waals surface area contributed by atoms with E-state index in [1.807, 2.05) is 0 Å². The molecule has 1 fully saturated rings. The number of benzene rings is 1. The highest BCUT2D eigenvalue weighted by Crippen LogP contribution is 2.21. The van der Waals surface area contributed by atoms with Crippen LogP contribution in [0.5, 0.6) is 0 Å². The summed E-state index contributed by atoms with van der Waals surface area (Å²) in [6, 6.07) is 8.22. The van der Waals surface area contributed by atoms with Crippen molar-refractivity contribution in [3.63, 3.8) is 0 Å². The zero-order valence-corrected chi connectivity index (χ0v) is 20.3. The van der Waals surface area contributed by atoms with Gasteiger partial charge in [0.2, 0.25) is 5.91 Å². The smallest absolute Gasteiger partial charge is 0.315 e. The molecular formula is C22H26ClN5O5S. The number of carbonyl (C=O) groups excluding carboxylic acids is 4. The number of morpholine rings is 1. The number of ether oxygens (including phenoxy) is 1. The van der Waals surface area contributed by atoms with Gasteiger partial charge in [0.15, 0.2) is 0 Å². The van der Waals surface area contributed by atoms with Gasteiger partial charge in [0, 0.05) is 30.5 Å². The van der Waals surface area contributed by atoms with Crippen LogP contribution in [0.1, 0.15) is 23.5 Å². The highest BCUT2D eigenvalue weighted by molar-refractivity contribution is 7.18. The number of urea groups is 1. The Balaban J connectivity index is 1.65. The monoisotopic (exact) mass is 507 g/mol. The topological polar surface area (TPSA) is 129 Å². The van der Waals surface area contributed by atoms with Gasteiger partial charge < -0.3 is 30.9 Å². The van der Waals surface area contributed by atoms with Gasteiger partial charge in [-0.25, -0.2) is 4.79 Å². The molecule has 1 saturated heterocycles. The van der Waals surface area contributed by atoms with Crippen LogP contribution in [0.25, 0.3) is 0 Å². The van der Waals surface area contributed by atoms with Crippen LogP contribution in [0.3, 0.4) is 0 Å². The molecule has 0 saturated carbocycles. The number of hydrogen-bond acceptors (Lipinski definition) is 6. The van der Waals surface area contributed by atoms with E-state index in [4.69, 9.17) is 16.3 Å². The minimum atomic E-state index is -1.04. The molecule has 34 heavy (non-hydrogen) atoms. The van der Waals surface area contributed by atoms with E-state index in [1.165, 1.54) is 0 Å². The van der Waals surface area contributed by atoms with Crippen molar-refractivity contribution >= 4 is 58.1 Å². The van der Waals surface area contributed by atoms with Crippen LogP contribution in [-0.2, 0) is 14.3 Å². The fraction of sp³-hybridized carbons (Fsp3) is 0.364. The van der Waals surface area contributed by atoms with Crippen LogP contribution >= 0.6 is 22.9 Å². The second-order valence-corrected chi connectivity index (χ2v) is 9.49. The Morgan fingerprint density at radius 1 is 1.12 bits per heavy atom. The number of amides is 5. The molecule has 2 heterocycles. The molecule has 10 nitrogen and oxygen atoms in total. The van der Waals surface area contributed by atoms with E-state index in [0.29, 0.717) is 33.7 Å². The Morgan fingerprint density at radius 3 is 2.47 bits per heavy atom. The third kappa shape index (κ3) is 7.17. The van der Waals surface area contributed by atoms with Gasteiger partial charge in [-0.2, -0.15) is 0 Å². The molecule has 1 aromatic carbocycles. The summed E-state index contributed by atoms with van der Waals surface area (Å²) in [5, 5.41) is 10.6. The molecule has 4 N–H and O–H groups in total. The Morgan fingerprint density at radius 2 is 1.85 bits per heavy atom. The summed E-state index contributed by atoms with van der Waals surface area (Å²) in [5.74, 6) is -1.05. The zero-order chi connectivity index (χ0) is 24.7. The SMILES string of the molecule is CC(C)NC(=O)N[C@H](CNC(=O)c1ccc(Cl)s1)C(=O)Nc1ccc(N2CCOCC2=O)cc1. The van der Waals surface area contributed by atoms with E-state index >= 15 is 0 Å². The summed E-state index contributed by atoms with van der Waals surface area (Å²) in [6.07, 6.45) is 0. The van der Waals surface area contributed by atoms with E-state index in [-0.39, 0.29) is 25.1 Å². The first-order chi connectivity index (χ1) is 16.2. The van der Waals surface area contributed by atoms with Gasteiger partial charge in [-0.1, -0.05) is 11.6 Å². The lowest BCUT2D eigenvalue weighted by Crippen LogP contribution is -2.54. The fourth-order valence-corrected chi connectivity index (χ4v) is 4.09. The molecule has 0 bridgehead atoms. The number of nitrogens with zero attached hydrogens (tertiary/aromatic N) is 1. The molecule has 1 aliphatic heterocycles. The first-order valence-electron chi connectivity index (χ1n) is 10.6. The van der Waals surface area contributed by atoms with Gasteiger partial charge in [0.05, 0.1) is 15.8 Å². The number of carbonyl (C=O) groups is 4. The lowest BCUT2D eigenvalue weighted by Gasteiger charge is -2.27. The predicted molar refractivity (Wildman–Crippen MR) is 130 cm³/mol. The van der Waals surface area contributed by atoms with Crippen molar-refractivity contribution in [2.75, 3.05) is 36.5 Å². The van der Waals surface area contributed by atoms with Crippen molar-refractivity contribution in [3.05, 3.63) is 45.6 Å². The molecule has 0 spiro atoms. The van der Waals surface area contributed by atoms with Gasteiger partial charge in [-0.3, -0.25) is 14.4 Å². The number of hydrogen-bond donors (Lipinski definition) is 4. The summed E-state index contributed by atoms with van der Waals surface area (Å²) in [4.78, 5) is 51.5. The lowest BCUT2D eigenvalue weighted by atomic mass is 10.2. The van der Waals surface area contributed by atoms with Gasteiger partial charge in [-0.15, -0.1) is 11.3 Å². The molecule has 1 aromatic heterocycles. The molecule has 12 heteroatoms. The van der Waals surface area contributed by atoms with E-state index in [9.17, 15) is 19.2 Å². The van der Waals surface area contributed by atoms with E-state index < -0.39 is 23.9 Å². The Bertz CT molecular complexity index is 1040. The summed E-state index contributed by atoms with van der Waals surface area (Å²) < 4.78 is 5.61. The highest BCUT2D eigenvalue weighted by Gasteiger charge is 2.24. The summed E-state index contributed by atoms with van der Waals surface area (Å²) >= 11 is 6.99. The van der Waals surface area contributed by atoms with Crippen molar-refractivity contribution < 1.29 is 23.9 Å². The van der Waals surface area contributed by atoms with Crippen molar-refractivity contribution in [2.45, 2.75) is 25.9 Å². The van der Waals surface area contributed by atoms with Gasteiger partial charge in [-0.05, 0) is 50.2 Å². The van der Waals surface area contributed by atoms with Crippen molar-refractivity contribution in [1.82, 2.24) is 16.0 Å². The molecule has 3 rings (SSSR count). The number of halogens is 1. The van der Waals surface area contributed by atoms with E-state index in [1.54, 1.807) is 55.1 Å². The second kappa shape index (κ2) is 11.8. The quantitative estimate of drug-likeness (QED) is 0.435. The molecular weight excluding hydrogens is 482 g/mol. The fourth-order valence-electron chi connectivity index (χ4n) is 3.13. The molecule has 0 unspecified atom stereocenters. The van der Waals surface area contributed by atoms with Crippen LogP contribution in [-0.4, -0.2) is 62.1 Å². The summed E-state index contributed by atoms with van der Waals surface area (Å²) in [5.41, 5.74) is 1.17. The third-order valence-electron chi connectivity index (χ3n) is 4.74. The average molecular weight is 508 g/mol.